The fourth-order valence-corrected chi connectivity index (χ4v) is 2.55. The van der Waals surface area contributed by atoms with E-state index in [0.717, 1.165) is 11.4 Å². The van der Waals surface area contributed by atoms with Crippen molar-refractivity contribution in [3.63, 3.8) is 0 Å². The summed E-state index contributed by atoms with van der Waals surface area (Å²) in [6.07, 6.45) is 0. The van der Waals surface area contributed by atoms with Gasteiger partial charge in [-0.1, -0.05) is 33.8 Å². The van der Waals surface area contributed by atoms with Crippen molar-refractivity contribution in [1.29, 1.82) is 0 Å². The van der Waals surface area contributed by atoms with Crippen LogP contribution in [0.3, 0.4) is 0 Å². The third-order valence-corrected chi connectivity index (χ3v) is 5.39. The third kappa shape index (κ3) is 5.76. The Morgan fingerprint density at radius 2 is 1.14 bits per heavy atom. The molecule has 0 aromatic carbocycles. The molecule has 2 aliphatic rings. The van der Waals surface area contributed by atoms with Gasteiger partial charge in [-0.05, 0) is 37.8 Å². The van der Waals surface area contributed by atoms with Gasteiger partial charge < -0.3 is 46.7 Å². The van der Waals surface area contributed by atoms with Crippen LogP contribution in [-0.4, -0.2) is 41.1 Å². The van der Waals surface area contributed by atoms with E-state index in [1.54, 1.807) is 0 Å². The van der Waals surface area contributed by atoms with Crippen LogP contribution >= 0.6 is 0 Å². The van der Waals surface area contributed by atoms with Gasteiger partial charge in [0.15, 0.2) is 0 Å². The van der Waals surface area contributed by atoms with Crippen molar-refractivity contribution in [1.82, 2.24) is 4.98 Å². The van der Waals surface area contributed by atoms with Crippen LogP contribution in [0.4, 0.5) is 0 Å². The van der Waals surface area contributed by atoms with Crippen molar-refractivity contribution >= 4 is 11.8 Å². The van der Waals surface area contributed by atoms with Gasteiger partial charge in [0.1, 0.15) is 24.6 Å². The molecule has 1 aromatic rings. The SMILES string of the molecule is CC(C)[C@]1(C)COC(c2cccc(C3=N[C@](C)(C(C)C)CO3)n2)=N1.[Cl-].[Cl-].[Cl-].[Co+3]. The summed E-state index contributed by atoms with van der Waals surface area (Å²) < 4.78 is 11.6. The topological polar surface area (TPSA) is 56.1 Å². The van der Waals surface area contributed by atoms with E-state index in [2.05, 4.69) is 46.5 Å². The predicted octanol–water partition coefficient (Wildman–Crippen LogP) is -5.53. The maximum atomic E-state index is 5.82. The van der Waals surface area contributed by atoms with E-state index in [4.69, 9.17) is 19.5 Å². The second kappa shape index (κ2) is 11.0. The first kappa shape index (κ1) is 29.7. The summed E-state index contributed by atoms with van der Waals surface area (Å²) in [4.78, 5) is 14.2. The van der Waals surface area contributed by atoms with E-state index >= 15 is 0 Å². The zero-order chi connectivity index (χ0) is 17.5. The number of pyridine rings is 1. The Morgan fingerprint density at radius 1 is 0.786 bits per heavy atom. The third-order valence-electron chi connectivity index (χ3n) is 5.39. The maximum absolute atomic E-state index is 5.82. The zero-order valence-corrected chi connectivity index (χ0v) is 20.2. The molecular weight excluding hydrogens is 468 g/mol. The Bertz CT molecular complexity index is 660. The van der Waals surface area contributed by atoms with E-state index in [-0.39, 0.29) is 65.1 Å². The molecular formula is C19H27Cl3CoN3O2. The molecule has 0 saturated heterocycles. The van der Waals surface area contributed by atoms with E-state index in [9.17, 15) is 0 Å². The van der Waals surface area contributed by atoms with Crippen LogP contribution in [0, 0.1) is 11.8 Å². The normalized spacial score (nSPS) is 25.3. The quantitative estimate of drug-likeness (QED) is 0.420. The largest absolute Gasteiger partial charge is 3.00 e. The first-order valence-electron chi connectivity index (χ1n) is 8.67. The molecule has 9 heteroatoms. The fourth-order valence-electron chi connectivity index (χ4n) is 2.55. The van der Waals surface area contributed by atoms with Gasteiger partial charge >= 0.3 is 16.8 Å². The minimum Gasteiger partial charge on any atom is -1.00 e. The standard InChI is InChI=1S/C19H27N3O2.3ClH.Co/c1-12(2)18(5)10-23-16(21-18)14-8-7-9-15(20-14)17-22-19(6,11-24-17)13(3)4;;;;/h7-9,12-13H,10-11H2,1-6H3;3*1H;/q;;;;+3/p-3/t18-,19-;;;;/m0..../s1. The molecule has 0 amide bonds. The first-order chi connectivity index (χ1) is 11.2. The van der Waals surface area contributed by atoms with Gasteiger partial charge in [-0.25, -0.2) is 15.0 Å². The molecule has 0 bridgehead atoms. The number of aliphatic imine (C=N–C) groups is 2. The van der Waals surface area contributed by atoms with Crippen LogP contribution < -0.4 is 37.2 Å². The van der Waals surface area contributed by atoms with Gasteiger partial charge in [0.25, 0.3) is 0 Å². The molecule has 2 atom stereocenters. The Morgan fingerprint density at radius 3 is 1.43 bits per heavy atom. The second-order valence-corrected chi connectivity index (χ2v) is 7.84. The molecule has 0 saturated carbocycles. The molecule has 2 aliphatic heterocycles. The molecule has 5 nitrogen and oxygen atoms in total. The smallest absolute Gasteiger partial charge is 1.00 e. The van der Waals surface area contributed by atoms with Crippen molar-refractivity contribution in [2.24, 2.45) is 21.8 Å². The summed E-state index contributed by atoms with van der Waals surface area (Å²) in [7, 11) is 0. The fraction of sp³-hybridized carbons (Fsp3) is 0.632. The summed E-state index contributed by atoms with van der Waals surface area (Å²) in [5, 5.41) is 0. The maximum Gasteiger partial charge on any atom is 3.00 e. The van der Waals surface area contributed by atoms with Gasteiger partial charge in [0.05, 0.1) is 11.1 Å². The Kier molecular flexibility index (Phi) is 11.7. The Hall–Kier alpha value is -0.534. The number of hydrogen-bond acceptors (Lipinski definition) is 5. The van der Waals surface area contributed by atoms with E-state index in [1.807, 2.05) is 18.2 Å². The van der Waals surface area contributed by atoms with Crippen LogP contribution in [-0.2, 0) is 26.3 Å². The van der Waals surface area contributed by atoms with Crippen molar-refractivity contribution in [3.8, 4) is 0 Å². The molecule has 3 heterocycles. The molecule has 0 N–H and O–H groups in total. The van der Waals surface area contributed by atoms with Crippen LogP contribution in [0.25, 0.3) is 0 Å². The van der Waals surface area contributed by atoms with Gasteiger partial charge in [-0.15, -0.1) is 0 Å². The number of aromatic nitrogens is 1. The molecule has 28 heavy (non-hydrogen) atoms. The van der Waals surface area contributed by atoms with E-state index < -0.39 is 0 Å². The zero-order valence-electron chi connectivity index (χ0n) is 16.9. The molecule has 0 spiro atoms. The summed E-state index contributed by atoms with van der Waals surface area (Å²) in [6.45, 7) is 14.1. The molecule has 0 aliphatic carbocycles. The first-order valence-corrected chi connectivity index (χ1v) is 8.67. The molecule has 3 rings (SSSR count). The van der Waals surface area contributed by atoms with Gasteiger partial charge in [0, 0.05) is 0 Å². The Balaban J connectivity index is 0. The van der Waals surface area contributed by atoms with E-state index in [0.29, 0.717) is 36.8 Å². The average molecular weight is 495 g/mol. The number of rotatable bonds is 4. The summed E-state index contributed by atoms with van der Waals surface area (Å²) in [5.74, 6) is 2.04. The number of halogens is 3. The summed E-state index contributed by atoms with van der Waals surface area (Å²) in [5.41, 5.74) is 1.09. The predicted molar refractivity (Wildman–Crippen MR) is 95.7 cm³/mol. The molecule has 160 valence electrons. The molecule has 1 aromatic heterocycles. The number of ether oxygens (including phenoxy) is 2. The second-order valence-electron chi connectivity index (χ2n) is 7.84. The summed E-state index contributed by atoms with van der Waals surface area (Å²) >= 11 is 0. The minimum absolute atomic E-state index is 0. The number of hydrogen-bond donors (Lipinski definition) is 0. The molecule has 0 fully saturated rings. The van der Waals surface area contributed by atoms with Crippen LogP contribution in [0.15, 0.2) is 28.2 Å². The molecule has 0 radical (unpaired) electrons. The average Bonchev–Trinajstić information content (AvgIpc) is 3.13. The Labute approximate surface area is 197 Å². The van der Waals surface area contributed by atoms with Crippen LogP contribution in [0.1, 0.15) is 52.9 Å². The molecule has 0 unspecified atom stereocenters. The van der Waals surface area contributed by atoms with Gasteiger partial charge in [0.2, 0.25) is 11.8 Å². The van der Waals surface area contributed by atoms with Crippen molar-refractivity contribution in [3.05, 3.63) is 29.6 Å². The monoisotopic (exact) mass is 493 g/mol. The van der Waals surface area contributed by atoms with Crippen LogP contribution in [0.5, 0.6) is 0 Å². The number of nitrogens with zero attached hydrogens (tertiary/aromatic N) is 3. The minimum atomic E-state index is -0.190. The van der Waals surface area contributed by atoms with Crippen molar-refractivity contribution < 1.29 is 63.5 Å². The van der Waals surface area contributed by atoms with Crippen LogP contribution in [0.2, 0.25) is 0 Å². The van der Waals surface area contributed by atoms with Gasteiger partial charge in [-0.3, -0.25) is 0 Å². The van der Waals surface area contributed by atoms with Crippen molar-refractivity contribution in [2.45, 2.75) is 52.6 Å². The van der Waals surface area contributed by atoms with Gasteiger partial charge in [-0.2, -0.15) is 0 Å². The van der Waals surface area contributed by atoms with Crippen molar-refractivity contribution in [2.75, 3.05) is 13.2 Å². The summed E-state index contributed by atoms with van der Waals surface area (Å²) in [6, 6.07) is 5.79. The van der Waals surface area contributed by atoms with E-state index in [1.165, 1.54) is 0 Å².